The molecule has 1 aromatic heterocycles. The molecule has 0 fully saturated rings. The fraction of sp³-hybridized carbons (Fsp3) is 0.462. The first-order valence-electron chi connectivity index (χ1n) is 6.45. The third-order valence-electron chi connectivity index (χ3n) is 3.01. The van der Waals surface area contributed by atoms with Gasteiger partial charge in [-0.15, -0.1) is 0 Å². The molecule has 0 amide bonds. The minimum atomic E-state index is -4.73. The number of esters is 1. The molecule has 0 unspecified atom stereocenters. The van der Waals surface area contributed by atoms with Gasteiger partial charge in [-0.05, 0) is 13.8 Å². The summed E-state index contributed by atoms with van der Waals surface area (Å²) in [6.07, 6.45) is -0.881. The first-order chi connectivity index (χ1) is 10.5. The Hall–Kier alpha value is -1.81. The van der Waals surface area contributed by atoms with Gasteiger partial charge in [0.2, 0.25) is 10.0 Å². The molecule has 1 atom stereocenters. The summed E-state index contributed by atoms with van der Waals surface area (Å²) >= 11 is 0. The third kappa shape index (κ3) is 4.14. The van der Waals surface area contributed by atoms with Gasteiger partial charge >= 0.3 is 12.1 Å². The van der Waals surface area contributed by atoms with Gasteiger partial charge in [0.1, 0.15) is 16.6 Å². The Morgan fingerprint density at radius 1 is 1.43 bits per heavy atom. The minimum absolute atomic E-state index is 0.0382. The van der Waals surface area contributed by atoms with Crippen molar-refractivity contribution in [1.29, 1.82) is 0 Å². The molecular formula is C13H17F3N2O4S. The molecule has 0 aliphatic rings. The van der Waals surface area contributed by atoms with E-state index in [4.69, 9.17) is 0 Å². The van der Waals surface area contributed by atoms with Crippen LogP contribution in [-0.4, -0.2) is 38.3 Å². The monoisotopic (exact) mass is 354 g/mol. The first-order valence-corrected chi connectivity index (χ1v) is 7.93. The van der Waals surface area contributed by atoms with Crippen molar-refractivity contribution in [2.75, 3.05) is 7.11 Å². The van der Waals surface area contributed by atoms with Gasteiger partial charge in [0.05, 0.1) is 7.11 Å². The van der Waals surface area contributed by atoms with E-state index >= 15 is 0 Å². The van der Waals surface area contributed by atoms with Crippen LogP contribution < -0.4 is 4.72 Å². The van der Waals surface area contributed by atoms with Gasteiger partial charge in [0, 0.05) is 18.8 Å². The number of halogens is 3. The fourth-order valence-electron chi connectivity index (χ4n) is 1.87. The summed E-state index contributed by atoms with van der Waals surface area (Å²) in [5.41, 5.74) is -0.116. The van der Waals surface area contributed by atoms with Gasteiger partial charge in [-0.25, -0.2) is 13.2 Å². The van der Waals surface area contributed by atoms with Crippen molar-refractivity contribution >= 4 is 22.1 Å². The number of carbonyl (C=O) groups is 1. The summed E-state index contributed by atoms with van der Waals surface area (Å²) in [7, 11) is -1.98. The van der Waals surface area contributed by atoms with E-state index in [1.165, 1.54) is 23.8 Å². The van der Waals surface area contributed by atoms with Gasteiger partial charge in [-0.1, -0.05) is 12.2 Å². The summed E-state index contributed by atoms with van der Waals surface area (Å²) in [5, 5.41) is 0. The quantitative estimate of drug-likeness (QED) is 0.822. The van der Waals surface area contributed by atoms with Gasteiger partial charge in [0.15, 0.2) is 0 Å². The van der Waals surface area contributed by atoms with Crippen LogP contribution >= 0.6 is 0 Å². The number of allylic oxidation sites excluding steroid dienone is 1. The topological polar surface area (TPSA) is 77.4 Å². The number of rotatable bonds is 5. The molecule has 0 saturated carbocycles. The predicted octanol–water partition coefficient (Wildman–Crippen LogP) is 2.07. The predicted molar refractivity (Wildman–Crippen MR) is 77.3 cm³/mol. The molecule has 10 heteroatoms. The smallest absolute Gasteiger partial charge is 0.404 e. The summed E-state index contributed by atoms with van der Waals surface area (Å²) in [4.78, 5) is 11.3. The molecule has 1 heterocycles. The van der Waals surface area contributed by atoms with Crippen molar-refractivity contribution in [1.82, 2.24) is 9.29 Å². The second kappa shape index (κ2) is 6.75. The van der Waals surface area contributed by atoms with Crippen molar-refractivity contribution < 1.29 is 31.1 Å². The van der Waals surface area contributed by atoms with E-state index in [-0.39, 0.29) is 11.3 Å². The Morgan fingerprint density at radius 3 is 2.43 bits per heavy atom. The zero-order valence-electron chi connectivity index (χ0n) is 12.9. The SMILES string of the molecule is C/C=C/c1c(S(=O)(=O)N[C@H](C)C(F)(F)F)cn(C)c1C(=O)OC. The van der Waals surface area contributed by atoms with Crippen LogP contribution in [0, 0.1) is 0 Å². The van der Waals surface area contributed by atoms with Crippen molar-refractivity contribution in [2.24, 2.45) is 7.05 Å². The number of nitrogens with one attached hydrogen (secondary N) is 1. The number of alkyl halides is 3. The van der Waals surface area contributed by atoms with Gasteiger partial charge in [-0.2, -0.15) is 17.9 Å². The molecule has 1 aromatic rings. The molecule has 1 rings (SSSR count). The Bertz CT molecular complexity index is 720. The first kappa shape index (κ1) is 19.2. The Morgan fingerprint density at radius 2 is 2.00 bits per heavy atom. The van der Waals surface area contributed by atoms with Crippen LogP contribution in [0.1, 0.15) is 29.9 Å². The Kier molecular flexibility index (Phi) is 5.65. The highest BCUT2D eigenvalue weighted by Crippen LogP contribution is 2.26. The van der Waals surface area contributed by atoms with Crippen LogP contribution in [0.4, 0.5) is 13.2 Å². The zero-order valence-corrected chi connectivity index (χ0v) is 13.7. The van der Waals surface area contributed by atoms with E-state index in [0.29, 0.717) is 6.92 Å². The highest BCUT2D eigenvalue weighted by Gasteiger charge is 2.40. The molecule has 0 saturated heterocycles. The van der Waals surface area contributed by atoms with Crippen LogP contribution in [0.25, 0.3) is 6.08 Å². The maximum Gasteiger partial charge on any atom is 0.404 e. The van der Waals surface area contributed by atoms with E-state index < -0.39 is 33.1 Å². The van der Waals surface area contributed by atoms with E-state index in [9.17, 15) is 26.4 Å². The molecule has 130 valence electrons. The number of sulfonamides is 1. The number of methoxy groups -OCH3 is 1. The second-order valence-electron chi connectivity index (χ2n) is 4.74. The van der Waals surface area contributed by atoms with E-state index in [1.807, 2.05) is 0 Å². The molecule has 0 aliphatic carbocycles. The summed E-state index contributed by atoms with van der Waals surface area (Å²) in [6, 6.07) is -2.27. The van der Waals surface area contributed by atoms with Crippen LogP contribution in [0.15, 0.2) is 17.2 Å². The van der Waals surface area contributed by atoms with Crippen molar-refractivity contribution in [2.45, 2.75) is 31.0 Å². The van der Waals surface area contributed by atoms with E-state index in [2.05, 4.69) is 4.74 Å². The number of hydrogen-bond acceptors (Lipinski definition) is 4. The molecule has 6 nitrogen and oxygen atoms in total. The normalized spacial score (nSPS) is 14.2. The maximum absolute atomic E-state index is 12.6. The molecule has 1 N–H and O–H groups in total. The minimum Gasteiger partial charge on any atom is -0.464 e. The standard InChI is InChI=1S/C13H17F3N2O4S/c1-5-6-9-10(7-18(3)11(9)12(19)22-4)23(20,21)17-8(2)13(14,15)16/h5-8,17H,1-4H3/b6-5+/t8-/m1/s1. The lowest BCUT2D eigenvalue weighted by Gasteiger charge is -2.17. The number of hydrogen-bond donors (Lipinski definition) is 1. The summed E-state index contributed by atoms with van der Waals surface area (Å²) in [5.74, 6) is -0.800. The fourth-order valence-corrected chi connectivity index (χ4v) is 3.35. The number of aryl methyl sites for hydroxylation is 1. The maximum atomic E-state index is 12.6. The summed E-state index contributed by atoms with van der Waals surface area (Å²) in [6.45, 7) is 2.27. The molecule has 0 aliphatic heterocycles. The van der Waals surface area contributed by atoms with Gasteiger partial charge < -0.3 is 9.30 Å². The summed E-state index contributed by atoms with van der Waals surface area (Å²) < 4.78 is 69.6. The highest BCUT2D eigenvalue weighted by atomic mass is 32.2. The van der Waals surface area contributed by atoms with Gasteiger partial charge in [-0.3, -0.25) is 0 Å². The van der Waals surface area contributed by atoms with E-state index in [0.717, 1.165) is 13.3 Å². The van der Waals surface area contributed by atoms with Gasteiger partial charge in [0.25, 0.3) is 0 Å². The molecule has 0 spiro atoms. The number of aromatic nitrogens is 1. The lowest BCUT2D eigenvalue weighted by molar-refractivity contribution is -0.147. The van der Waals surface area contributed by atoms with Crippen molar-refractivity contribution in [3.63, 3.8) is 0 Å². The molecular weight excluding hydrogens is 337 g/mol. The highest BCUT2D eigenvalue weighted by molar-refractivity contribution is 7.89. The zero-order chi connectivity index (χ0) is 18.0. The number of carbonyl (C=O) groups excluding carboxylic acids is 1. The van der Waals surface area contributed by atoms with Crippen LogP contribution in [0.3, 0.4) is 0 Å². The van der Waals surface area contributed by atoms with E-state index in [1.54, 1.807) is 11.6 Å². The number of ether oxygens (including phenoxy) is 1. The largest absolute Gasteiger partial charge is 0.464 e. The average Bonchev–Trinajstić information content (AvgIpc) is 2.74. The van der Waals surface area contributed by atoms with Crippen molar-refractivity contribution in [3.8, 4) is 0 Å². The molecule has 0 radical (unpaired) electrons. The lowest BCUT2D eigenvalue weighted by Crippen LogP contribution is -2.43. The van der Waals surface area contributed by atoms with Crippen LogP contribution in [-0.2, 0) is 21.8 Å². The van der Waals surface area contributed by atoms with Crippen molar-refractivity contribution in [3.05, 3.63) is 23.5 Å². The lowest BCUT2D eigenvalue weighted by atomic mass is 10.2. The number of nitrogens with zero attached hydrogens (tertiary/aromatic N) is 1. The molecule has 0 bridgehead atoms. The molecule has 23 heavy (non-hydrogen) atoms. The van der Waals surface area contributed by atoms with Crippen LogP contribution in [0.2, 0.25) is 0 Å². The van der Waals surface area contributed by atoms with Crippen LogP contribution in [0.5, 0.6) is 0 Å². The average molecular weight is 354 g/mol. The molecule has 0 aromatic carbocycles. The second-order valence-corrected chi connectivity index (χ2v) is 6.43. The Labute approximate surface area is 132 Å². The third-order valence-corrected chi connectivity index (χ3v) is 4.58. The Balaban J connectivity index is 3.45.